The van der Waals surface area contributed by atoms with Crippen LogP contribution in [-0.2, 0) is 42.4 Å². The molecular formula is C32H45OZr. The average Bonchev–Trinajstić information content (AvgIpc) is 2.75. The zero-order chi connectivity index (χ0) is 25.5. The molecule has 0 unspecified atom stereocenters. The van der Waals surface area contributed by atoms with Gasteiger partial charge in [-0.1, -0.05) is 149 Å². The van der Waals surface area contributed by atoms with Crippen molar-refractivity contribution in [2.45, 2.75) is 64.7 Å². The van der Waals surface area contributed by atoms with Gasteiger partial charge in [-0.3, -0.25) is 0 Å². The fourth-order valence-corrected chi connectivity index (χ4v) is 2.67. The van der Waals surface area contributed by atoms with Gasteiger partial charge < -0.3 is 25.9 Å². The van der Waals surface area contributed by atoms with Gasteiger partial charge in [0.25, 0.3) is 0 Å². The van der Waals surface area contributed by atoms with Gasteiger partial charge in [-0.05, 0) is 6.92 Å². The summed E-state index contributed by atoms with van der Waals surface area (Å²) in [6.07, 6.45) is 0. The standard InChI is InChI=1S/3C10H13.C2H6O.Zr/c3*1-10(2,3)9-7-5-4-6-8-9;1-2-3;/h3*4-8H,1H2,2-3H3;3H,2H2,1H3;/q3*-1;;+3. The van der Waals surface area contributed by atoms with Gasteiger partial charge in [-0.15, -0.1) is 16.2 Å². The van der Waals surface area contributed by atoms with E-state index in [1.165, 1.54) is 16.7 Å². The van der Waals surface area contributed by atoms with Crippen LogP contribution < -0.4 is 0 Å². The summed E-state index contributed by atoms with van der Waals surface area (Å²) >= 11 is 0. The van der Waals surface area contributed by atoms with E-state index in [-0.39, 0.29) is 49.1 Å². The van der Waals surface area contributed by atoms with Gasteiger partial charge in [-0.25, -0.2) is 0 Å². The second-order valence-corrected chi connectivity index (χ2v) is 10.1. The first kappa shape index (κ1) is 34.7. The van der Waals surface area contributed by atoms with Crippen LogP contribution in [0, 0.1) is 20.8 Å². The molecule has 2 heteroatoms. The van der Waals surface area contributed by atoms with Crippen LogP contribution >= 0.6 is 0 Å². The summed E-state index contributed by atoms with van der Waals surface area (Å²) in [5.41, 5.74) is 3.99. The summed E-state index contributed by atoms with van der Waals surface area (Å²) in [6, 6.07) is 31.0. The smallest absolute Gasteiger partial charge is 0.397 e. The summed E-state index contributed by atoms with van der Waals surface area (Å²) < 4.78 is 0. The van der Waals surface area contributed by atoms with E-state index in [1.807, 2.05) is 54.6 Å². The predicted molar refractivity (Wildman–Crippen MR) is 147 cm³/mol. The first-order valence-electron chi connectivity index (χ1n) is 11.6. The molecule has 3 aromatic carbocycles. The Morgan fingerprint density at radius 2 is 0.647 bits per heavy atom. The first-order valence-corrected chi connectivity index (χ1v) is 11.6. The van der Waals surface area contributed by atoms with Gasteiger partial charge in [0.1, 0.15) is 0 Å². The van der Waals surface area contributed by atoms with E-state index in [4.69, 9.17) is 5.11 Å². The van der Waals surface area contributed by atoms with Crippen LogP contribution in [0.5, 0.6) is 0 Å². The Morgan fingerprint density at radius 1 is 0.500 bits per heavy atom. The third-order valence-electron chi connectivity index (χ3n) is 4.67. The molecular weight excluding hydrogens is 492 g/mol. The van der Waals surface area contributed by atoms with Crippen molar-refractivity contribution < 1.29 is 31.3 Å². The minimum Gasteiger partial charge on any atom is -0.397 e. The maximum absolute atomic E-state index is 7.57. The third kappa shape index (κ3) is 16.2. The molecule has 0 spiro atoms. The van der Waals surface area contributed by atoms with E-state index in [0.717, 1.165) is 0 Å². The van der Waals surface area contributed by atoms with Crippen molar-refractivity contribution in [2.75, 3.05) is 6.61 Å². The van der Waals surface area contributed by atoms with Crippen molar-refractivity contribution in [3.05, 3.63) is 128 Å². The van der Waals surface area contributed by atoms with Gasteiger partial charge in [0, 0.05) is 6.61 Å². The molecule has 0 aliphatic rings. The number of aliphatic hydroxyl groups excluding tert-OH is 1. The maximum Gasteiger partial charge on any atom is 3.00 e. The Morgan fingerprint density at radius 3 is 0.735 bits per heavy atom. The summed E-state index contributed by atoms with van der Waals surface area (Å²) in [5.74, 6) is 0. The molecule has 0 aromatic heterocycles. The predicted octanol–water partition coefficient (Wildman–Crippen LogP) is 8.39. The van der Waals surface area contributed by atoms with Crippen LogP contribution in [0.3, 0.4) is 0 Å². The molecule has 0 amide bonds. The number of rotatable bonds is 3. The van der Waals surface area contributed by atoms with Crippen molar-refractivity contribution in [1.82, 2.24) is 0 Å². The maximum atomic E-state index is 7.57. The molecule has 3 aromatic rings. The number of aliphatic hydroxyl groups is 1. The number of hydrogen-bond donors (Lipinski definition) is 1. The molecule has 0 saturated carbocycles. The van der Waals surface area contributed by atoms with Gasteiger partial charge in [0.2, 0.25) is 0 Å². The fraction of sp³-hybridized carbons (Fsp3) is 0.344. The number of benzene rings is 3. The Kier molecular flexibility index (Phi) is 17.4. The molecule has 0 bridgehead atoms. The van der Waals surface area contributed by atoms with Crippen molar-refractivity contribution >= 4 is 0 Å². The second-order valence-electron chi connectivity index (χ2n) is 10.1. The van der Waals surface area contributed by atoms with E-state index in [9.17, 15) is 0 Å². The number of hydrogen-bond acceptors (Lipinski definition) is 1. The quantitative estimate of drug-likeness (QED) is 0.333. The average molecular weight is 537 g/mol. The molecule has 0 aliphatic carbocycles. The zero-order valence-corrected chi connectivity index (χ0v) is 24.9. The van der Waals surface area contributed by atoms with Crippen LogP contribution in [0.1, 0.15) is 65.2 Å². The molecule has 1 N–H and O–H groups in total. The molecule has 1 radical (unpaired) electrons. The molecule has 183 valence electrons. The second kappa shape index (κ2) is 17.0. The summed E-state index contributed by atoms with van der Waals surface area (Å²) in [5, 5.41) is 7.57. The first-order chi connectivity index (χ1) is 15.2. The summed E-state index contributed by atoms with van der Waals surface area (Å²) in [6.45, 7) is 26.7. The van der Waals surface area contributed by atoms with E-state index in [1.54, 1.807) is 6.92 Å². The molecule has 1 nitrogen and oxygen atoms in total. The van der Waals surface area contributed by atoms with Crippen LogP contribution in [0.25, 0.3) is 0 Å². The van der Waals surface area contributed by atoms with Gasteiger partial charge >= 0.3 is 26.2 Å². The Labute approximate surface area is 230 Å². The minimum absolute atomic E-state index is 0. The van der Waals surface area contributed by atoms with Crippen LogP contribution in [0.2, 0.25) is 0 Å². The molecule has 0 fully saturated rings. The van der Waals surface area contributed by atoms with Crippen molar-refractivity contribution in [2.24, 2.45) is 0 Å². The van der Waals surface area contributed by atoms with E-state index in [0.29, 0.717) is 0 Å². The van der Waals surface area contributed by atoms with Crippen molar-refractivity contribution in [1.29, 1.82) is 0 Å². The summed E-state index contributed by atoms with van der Waals surface area (Å²) in [4.78, 5) is 0. The van der Waals surface area contributed by atoms with Crippen LogP contribution in [0.4, 0.5) is 0 Å². The SMILES string of the molecule is CCO.[CH2-]C(C)(C)c1ccccc1.[CH2-]C(C)(C)c1ccccc1.[CH2-]C(C)(C)c1ccccc1.[Zr+3]. The van der Waals surface area contributed by atoms with Crippen LogP contribution in [-0.4, -0.2) is 11.7 Å². The Hall–Kier alpha value is -1.50. The molecule has 34 heavy (non-hydrogen) atoms. The fourth-order valence-electron chi connectivity index (χ4n) is 2.67. The van der Waals surface area contributed by atoms with Crippen molar-refractivity contribution in [3.63, 3.8) is 0 Å². The van der Waals surface area contributed by atoms with E-state index in [2.05, 4.69) is 98.7 Å². The normalized spacial score (nSPS) is 10.7. The minimum atomic E-state index is 0. The molecule has 0 aliphatic heterocycles. The monoisotopic (exact) mass is 535 g/mol. The van der Waals surface area contributed by atoms with Crippen LogP contribution in [0.15, 0.2) is 91.0 Å². The van der Waals surface area contributed by atoms with Gasteiger partial charge in [0.05, 0.1) is 0 Å². The zero-order valence-electron chi connectivity index (χ0n) is 22.4. The third-order valence-corrected chi connectivity index (χ3v) is 4.67. The van der Waals surface area contributed by atoms with Gasteiger partial charge in [0.15, 0.2) is 0 Å². The van der Waals surface area contributed by atoms with E-state index < -0.39 is 0 Å². The topological polar surface area (TPSA) is 20.2 Å². The molecule has 0 atom stereocenters. The van der Waals surface area contributed by atoms with Gasteiger partial charge in [-0.2, -0.15) is 0 Å². The Bertz CT molecular complexity index is 719. The molecule has 3 rings (SSSR count). The summed E-state index contributed by atoms with van der Waals surface area (Å²) in [7, 11) is 0. The molecule has 0 heterocycles. The van der Waals surface area contributed by atoms with Crippen molar-refractivity contribution in [3.8, 4) is 0 Å². The Balaban J connectivity index is 0. The largest absolute Gasteiger partial charge is 3.00 e. The van der Waals surface area contributed by atoms with E-state index >= 15 is 0 Å². The molecule has 0 saturated heterocycles.